The lowest BCUT2D eigenvalue weighted by Crippen LogP contribution is -2.50. The van der Waals surface area contributed by atoms with Crippen LogP contribution >= 0.6 is 0 Å². The number of carbonyl (C=O) groups is 2. The van der Waals surface area contributed by atoms with Gasteiger partial charge in [-0.2, -0.15) is 4.31 Å². The maximum atomic E-state index is 13.7. The lowest BCUT2D eigenvalue weighted by molar-refractivity contribution is 0.0388. The molecule has 11 heteroatoms. The molecule has 1 aliphatic rings. The molecule has 0 unspecified atom stereocenters. The van der Waals surface area contributed by atoms with E-state index in [1.165, 1.54) is 23.7 Å². The Morgan fingerprint density at radius 2 is 1.85 bits per heavy atom. The molecule has 0 saturated carbocycles. The van der Waals surface area contributed by atoms with Crippen molar-refractivity contribution in [3.63, 3.8) is 0 Å². The summed E-state index contributed by atoms with van der Waals surface area (Å²) in [4.78, 5) is 32.3. The number of nitrogens with zero attached hydrogens (tertiary/aromatic N) is 3. The van der Waals surface area contributed by atoms with E-state index < -0.39 is 28.1 Å². The van der Waals surface area contributed by atoms with Crippen LogP contribution < -0.4 is 10.1 Å². The van der Waals surface area contributed by atoms with E-state index >= 15 is 0 Å². The van der Waals surface area contributed by atoms with Crippen molar-refractivity contribution in [2.45, 2.75) is 37.8 Å². The summed E-state index contributed by atoms with van der Waals surface area (Å²) in [6.07, 6.45) is 2.31. The van der Waals surface area contributed by atoms with Crippen LogP contribution in [0.5, 0.6) is 5.75 Å². The Morgan fingerprint density at radius 3 is 2.50 bits per heavy atom. The summed E-state index contributed by atoms with van der Waals surface area (Å²) in [6.45, 7) is 5.46. The average molecular weight is 567 g/mol. The van der Waals surface area contributed by atoms with E-state index in [4.69, 9.17) is 4.74 Å². The molecule has 0 saturated heterocycles. The number of aliphatic hydroxyl groups excluding tert-OH is 1. The highest BCUT2D eigenvalue weighted by atomic mass is 32.2. The minimum absolute atomic E-state index is 0.0149. The van der Waals surface area contributed by atoms with E-state index in [1.807, 2.05) is 13.8 Å². The van der Waals surface area contributed by atoms with Gasteiger partial charge >= 0.3 is 0 Å². The van der Waals surface area contributed by atoms with E-state index in [1.54, 1.807) is 66.4 Å². The number of pyridine rings is 1. The van der Waals surface area contributed by atoms with E-state index in [2.05, 4.69) is 10.3 Å². The van der Waals surface area contributed by atoms with Crippen LogP contribution in [-0.4, -0.2) is 78.4 Å². The molecule has 0 radical (unpaired) electrons. The SMILES string of the molecule is Cc1ccc(S(=O)(=O)N(C)C[C@H]2Oc3c(NC(=O)c4ccncc4)cccc3C(=O)N([C@H](C)CO)C[C@H]2C)cc1. The Kier molecular flexibility index (Phi) is 8.87. The highest BCUT2D eigenvalue weighted by molar-refractivity contribution is 7.89. The Labute approximate surface area is 234 Å². The van der Waals surface area contributed by atoms with Crippen LogP contribution in [-0.2, 0) is 10.0 Å². The van der Waals surface area contributed by atoms with Crippen molar-refractivity contribution in [2.24, 2.45) is 5.92 Å². The van der Waals surface area contributed by atoms with Crippen molar-refractivity contribution in [3.8, 4) is 5.75 Å². The number of ether oxygens (including phenoxy) is 1. The minimum Gasteiger partial charge on any atom is -0.486 e. The Morgan fingerprint density at radius 1 is 1.18 bits per heavy atom. The molecule has 212 valence electrons. The maximum Gasteiger partial charge on any atom is 0.258 e. The lowest BCUT2D eigenvalue weighted by atomic mass is 9.99. The second-order valence-electron chi connectivity index (χ2n) is 10.1. The predicted octanol–water partition coefficient (Wildman–Crippen LogP) is 3.18. The van der Waals surface area contributed by atoms with E-state index in [0.29, 0.717) is 5.56 Å². The molecule has 0 aliphatic carbocycles. The zero-order valence-corrected chi connectivity index (χ0v) is 23.8. The number of aromatic nitrogens is 1. The molecule has 1 aliphatic heterocycles. The van der Waals surface area contributed by atoms with Gasteiger partial charge in [-0.05, 0) is 50.2 Å². The number of amides is 2. The third kappa shape index (κ3) is 6.16. The van der Waals surface area contributed by atoms with Crippen LogP contribution in [0, 0.1) is 12.8 Å². The van der Waals surface area contributed by atoms with Crippen molar-refractivity contribution in [2.75, 3.05) is 32.1 Å². The first-order chi connectivity index (χ1) is 19.0. The number of aliphatic hydroxyl groups is 1. The minimum atomic E-state index is -3.83. The molecule has 10 nitrogen and oxygen atoms in total. The van der Waals surface area contributed by atoms with Gasteiger partial charge < -0.3 is 20.1 Å². The summed E-state index contributed by atoms with van der Waals surface area (Å²) in [5.41, 5.74) is 1.79. The van der Waals surface area contributed by atoms with Crippen molar-refractivity contribution in [1.82, 2.24) is 14.2 Å². The van der Waals surface area contributed by atoms with E-state index in [0.717, 1.165) is 5.56 Å². The van der Waals surface area contributed by atoms with Gasteiger partial charge in [-0.1, -0.05) is 30.7 Å². The smallest absolute Gasteiger partial charge is 0.258 e. The summed E-state index contributed by atoms with van der Waals surface area (Å²) < 4.78 is 34.4. The zero-order valence-electron chi connectivity index (χ0n) is 22.9. The molecule has 3 atom stereocenters. The van der Waals surface area contributed by atoms with Gasteiger partial charge in [0.25, 0.3) is 11.8 Å². The van der Waals surface area contributed by atoms with Crippen molar-refractivity contribution >= 4 is 27.5 Å². The number of rotatable bonds is 8. The van der Waals surface area contributed by atoms with Crippen LogP contribution in [0.25, 0.3) is 0 Å². The van der Waals surface area contributed by atoms with Gasteiger partial charge in [-0.15, -0.1) is 0 Å². The number of anilines is 1. The fourth-order valence-corrected chi connectivity index (χ4v) is 5.68. The summed E-state index contributed by atoms with van der Waals surface area (Å²) in [7, 11) is -2.34. The number of para-hydroxylation sites is 1. The summed E-state index contributed by atoms with van der Waals surface area (Å²) in [5, 5.41) is 12.7. The molecule has 40 heavy (non-hydrogen) atoms. The van der Waals surface area contributed by atoms with E-state index in [-0.39, 0.29) is 53.4 Å². The van der Waals surface area contributed by atoms with Gasteiger partial charge in [-0.3, -0.25) is 14.6 Å². The lowest BCUT2D eigenvalue weighted by Gasteiger charge is -2.38. The first-order valence-electron chi connectivity index (χ1n) is 13.0. The summed E-state index contributed by atoms with van der Waals surface area (Å²) in [6, 6.07) is 14.1. The number of nitrogens with one attached hydrogen (secondary N) is 1. The Hall–Kier alpha value is -3.80. The Bertz CT molecular complexity index is 1460. The number of likely N-dealkylation sites (N-methyl/N-ethyl adjacent to an activating group) is 1. The highest BCUT2D eigenvalue weighted by Crippen LogP contribution is 2.35. The molecule has 1 aromatic heterocycles. The van der Waals surface area contributed by atoms with Crippen LogP contribution in [0.2, 0.25) is 0 Å². The number of fused-ring (bicyclic) bond motifs is 1. The summed E-state index contributed by atoms with van der Waals surface area (Å²) >= 11 is 0. The number of hydrogen-bond acceptors (Lipinski definition) is 7. The molecular weight excluding hydrogens is 532 g/mol. The largest absolute Gasteiger partial charge is 0.486 e. The molecule has 0 bridgehead atoms. The number of aryl methyl sites for hydroxylation is 1. The second kappa shape index (κ2) is 12.2. The first-order valence-corrected chi connectivity index (χ1v) is 14.4. The maximum absolute atomic E-state index is 13.7. The molecule has 2 amide bonds. The van der Waals surface area contributed by atoms with Gasteiger partial charge in [0.1, 0.15) is 6.10 Å². The van der Waals surface area contributed by atoms with E-state index in [9.17, 15) is 23.1 Å². The third-order valence-corrected chi connectivity index (χ3v) is 8.89. The molecular formula is C29H34N4O6S. The van der Waals surface area contributed by atoms with Crippen molar-refractivity contribution in [3.05, 3.63) is 83.7 Å². The van der Waals surface area contributed by atoms with Gasteiger partial charge in [0.15, 0.2) is 5.75 Å². The van der Waals surface area contributed by atoms with Crippen molar-refractivity contribution < 1.29 is 27.9 Å². The number of carbonyl (C=O) groups excluding carboxylic acids is 2. The van der Waals surface area contributed by atoms with Gasteiger partial charge in [-0.25, -0.2) is 8.42 Å². The average Bonchev–Trinajstić information content (AvgIpc) is 2.95. The van der Waals surface area contributed by atoms with Crippen LogP contribution in [0.4, 0.5) is 5.69 Å². The predicted molar refractivity (Wildman–Crippen MR) is 151 cm³/mol. The quantitative estimate of drug-likeness (QED) is 0.428. The molecule has 0 fully saturated rings. The molecule has 4 rings (SSSR count). The summed E-state index contributed by atoms with van der Waals surface area (Å²) in [5.74, 6) is -0.964. The number of hydrogen-bond donors (Lipinski definition) is 2. The third-order valence-electron chi connectivity index (χ3n) is 7.05. The molecule has 0 spiro atoms. The second-order valence-corrected chi connectivity index (χ2v) is 12.1. The molecule has 2 N–H and O–H groups in total. The zero-order chi connectivity index (χ0) is 29.0. The van der Waals surface area contributed by atoms with Gasteiger partial charge in [0.2, 0.25) is 10.0 Å². The monoisotopic (exact) mass is 566 g/mol. The molecule has 3 aromatic rings. The normalized spacial score (nSPS) is 18.4. The first kappa shape index (κ1) is 29.2. The Balaban J connectivity index is 1.72. The number of sulfonamides is 1. The topological polar surface area (TPSA) is 129 Å². The highest BCUT2D eigenvalue weighted by Gasteiger charge is 2.36. The molecule has 2 heterocycles. The standard InChI is InChI=1S/C29H34N4O6S/c1-19-8-10-23(11-9-19)40(37,38)32(4)17-26-20(2)16-33(21(3)18-34)29(36)24-6-5-7-25(27(24)39-26)31-28(35)22-12-14-30-15-13-22/h5-15,20-21,26,34H,16-18H2,1-4H3,(H,31,35)/t20-,21-,26-/m1/s1. The van der Waals surface area contributed by atoms with Gasteiger partial charge in [0, 0.05) is 37.5 Å². The van der Waals surface area contributed by atoms with Gasteiger partial charge in [0.05, 0.1) is 35.3 Å². The number of benzene rings is 2. The van der Waals surface area contributed by atoms with Crippen LogP contribution in [0.3, 0.4) is 0 Å². The van der Waals surface area contributed by atoms with Crippen LogP contribution in [0.15, 0.2) is 71.9 Å². The fourth-order valence-electron chi connectivity index (χ4n) is 4.50. The fraction of sp³-hybridized carbons (Fsp3) is 0.345. The molecule has 2 aromatic carbocycles. The van der Waals surface area contributed by atoms with Crippen molar-refractivity contribution in [1.29, 1.82) is 0 Å². The van der Waals surface area contributed by atoms with Crippen LogP contribution in [0.1, 0.15) is 40.1 Å².